The van der Waals surface area contributed by atoms with E-state index in [9.17, 15) is 14.7 Å². The molecule has 3 atom stereocenters. The number of benzene rings is 2. The van der Waals surface area contributed by atoms with Crippen LogP contribution in [0.4, 0.5) is 5.69 Å². The third-order valence-electron chi connectivity index (χ3n) is 5.84. The molecule has 0 saturated heterocycles. The molecular weight excluding hydrogens is 462 g/mol. The number of carboxylic acid groups (broad SMARTS) is 1. The summed E-state index contributed by atoms with van der Waals surface area (Å²) in [6.45, 7) is 6.09. The van der Waals surface area contributed by atoms with Gasteiger partial charge in [-0.05, 0) is 23.6 Å². The van der Waals surface area contributed by atoms with E-state index in [0.717, 1.165) is 0 Å². The number of carbonyl (C=O) groups is 2. The maximum absolute atomic E-state index is 12.9. The number of anilines is 1. The van der Waals surface area contributed by atoms with Gasteiger partial charge >= 0.3 is 5.97 Å². The minimum atomic E-state index is -1.21. The minimum Gasteiger partial charge on any atom is -0.496 e. The lowest BCUT2D eigenvalue weighted by Gasteiger charge is -2.39. The van der Waals surface area contributed by atoms with Crippen LogP contribution in [0.25, 0.3) is 0 Å². The van der Waals surface area contributed by atoms with E-state index in [1.165, 1.54) is 0 Å². The molecular formula is C25H30ClNO7. The summed E-state index contributed by atoms with van der Waals surface area (Å²) in [5, 5.41) is 12.7. The number of nitrogens with one attached hydrogen (secondary N) is 1. The van der Waals surface area contributed by atoms with Gasteiger partial charge in [0.15, 0.2) is 0 Å². The Kier molecular flexibility index (Phi) is 7.63. The van der Waals surface area contributed by atoms with Gasteiger partial charge in [0, 0.05) is 39.9 Å². The largest absolute Gasteiger partial charge is 0.496 e. The first kappa shape index (κ1) is 25.6. The summed E-state index contributed by atoms with van der Waals surface area (Å²) in [4.78, 5) is 24.4. The van der Waals surface area contributed by atoms with Gasteiger partial charge in [-0.25, -0.2) is 0 Å². The van der Waals surface area contributed by atoms with Crippen LogP contribution in [-0.4, -0.2) is 44.4 Å². The van der Waals surface area contributed by atoms with Crippen LogP contribution in [0.2, 0.25) is 5.02 Å². The van der Waals surface area contributed by atoms with Gasteiger partial charge in [-0.2, -0.15) is 0 Å². The molecule has 1 amide bonds. The number of carbonyl (C=O) groups excluding carboxylic acids is 1. The van der Waals surface area contributed by atoms with Crippen LogP contribution in [0.3, 0.4) is 0 Å². The number of ether oxygens (including phenoxy) is 4. The second-order valence-corrected chi connectivity index (χ2v) is 9.59. The summed E-state index contributed by atoms with van der Waals surface area (Å²) in [7, 11) is 4.65. The zero-order valence-electron chi connectivity index (χ0n) is 20.1. The van der Waals surface area contributed by atoms with Gasteiger partial charge in [0.1, 0.15) is 23.4 Å². The van der Waals surface area contributed by atoms with Crippen molar-refractivity contribution in [3.63, 3.8) is 0 Å². The quantitative estimate of drug-likeness (QED) is 0.558. The molecule has 3 rings (SSSR count). The standard InChI is InChI=1S/C25H30ClNO7/c1-25(2,3)22(21-17(32-5)10-14(31-4)11-18(21)33-6)23-15-9-13(26)7-8-16(15)27-24(30)19(34-23)12-20(28)29/h7-11,19,22-23H,12H2,1-6H3,(H,27,30)(H,28,29)/t19-,22?,23+/m0/s1. The summed E-state index contributed by atoms with van der Waals surface area (Å²) in [5.74, 6) is -0.534. The van der Waals surface area contributed by atoms with E-state index in [-0.39, 0.29) is 0 Å². The summed E-state index contributed by atoms with van der Waals surface area (Å²) >= 11 is 6.35. The molecule has 1 aliphatic rings. The van der Waals surface area contributed by atoms with Crippen molar-refractivity contribution in [1.29, 1.82) is 0 Å². The van der Waals surface area contributed by atoms with E-state index in [1.54, 1.807) is 51.7 Å². The topological polar surface area (TPSA) is 103 Å². The van der Waals surface area contributed by atoms with Crippen molar-refractivity contribution in [2.24, 2.45) is 5.41 Å². The normalized spacial score (nSPS) is 18.9. The zero-order valence-corrected chi connectivity index (χ0v) is 20.9. The average molecular weight is 492 g/mol. The highest BCUT2D eigenvalue weighted by atomic mass is 35.5. The van der Waals surface area contributed by atoms with Gasteiger partial charge in [0.25, 0.3) is 5.91 Å². The third kappa shape index (κ3) is 5.23. The summed E-state index contributed by atoms with van der Waals surface area (Å²) in [5.41, 5.74) is 1.39. The number of halogens is 1. The molecule has 8 nitrogen and oxygen atoms in total. The number of fused-ring (bicyclic) bond motifs is 1. The van der Waals surface area contributed by atoms with Crippen molar-refractivity contribution in [2.45, 2.75) is 45.3 Å². The maximum atomic E-state index is 12.9. The van der Waals surface area contributed by atoms with Crippen molar-refractivity contribution >= 4 is 29.2 Å². The van der Waals surface area contributed by atoms with E-state index in [2.05, 4.69) is 5.32 Å². The van der Waals surface area contributed by atoms with Gasteiger partial charge in [-0.15, -0.1) is 0 Å². The molecule has 0 aliphatic carbocycles. The Labute approximate surface area is 204 Å². The molecule has 0 radical (unpaired) electrons. The van der Waals surface area contributed by atoms with Crippen LogP contribution in [0.5, 0.6) is 17.2 Å². The second-order valence-electron chi connectivity index (χ2n) is 9.15. The lowest BCUT2D eigenvalue weighted by Crippen LogP contribution is -2.34. The molecule has 1 aliphatic heterocycles. The molecule has 2 N–H and O–H groups in total. The summed E-state index contributed by atoms with van der Waals surface area (Å²) in [6, 6.07) is 8.59. The van der Waals surface area contributed by atoms with Crippen molar-refractivity contribution in [2.75, 3.05) is 26.6 Å². The Morgan fingerprint density at radius 2 is 1.74 bits per heavy atom. The van der Waals surface area contributed by atoms with Gasteiger partial charge in [0.2, 0.25) is 0 Å². The van der Waals surface area contributed by atoms with E-state index in [1.807, 2.05) is 20.8 Å². The number of hydrogen-bond donors (Lipinski definition) is 2. The van der Waals surface area contributed by atoms with Crippen molar-refractivity contribution in [3.8, 4) is 17.2 Å². The first-order valence-corrected chi connectivity index (χ1v) is 11.1. The molecule has 1 heterocycles. The van der Waals surface area contributed by atoms with Crippen LogP contribution in [0.1, 0.15) is 50.3 Å². The third-order valence-corrected chi connectivity index (χ3v) is 6.08. The number of aliphatic carboxylic acids is 1. The SMILES string of the molecule is COc1cc(OC)c(C([C@@H]2O[C@@H](CC(=O)O)C(=O)Nc3ccc(Cl)cc32)C(C)(C)C)c(OC)c1. The number of hydrogen-bond acceptors (Lipinski definition) is 6. The highest BCUT2D eigenvalue weighted by Gasteiger charge is 2.44. The van der Waals surface area contributed by atoms with E-state index in [4.69, 9.17) is 30.5 Å². The molecule has 34 heavy (non-hydrogen) atoms. The monoisotopic (exact) mass is 491 g/mol. The molecule has 0 aromatic heterocycles. The lowest BCUT2D eigenvalue weighted by molar-refractivity contribution is -0.148. The van der Waals surface area contributed by atoms with Gasteiger partial charge in [-0.3, -0.25) is 9.59 Å². The Morgan fingerprint density at radius 3 is 2.24 bits per heavy atom. The van der Waals surface area contributed by atoms with Gasteiger partial charge in [0.05, 0.1) is 33.9 Å². The van der Waals surface area contributed by atoms with E-state index < -0.39 is 41.8 Å². The number of amides is 1. The molecule has 0 bridgehead atoms. The van der Waals surface area contributed by atoms with Crippen LogP contribution in [0, 0.1) is 5.41 Å². The number of rotatable bonds is 7. The fourth-order valence-electron chi connectivity index (χ4n) is 4.34. The molecule has 0 saturated carbocycles. The predicted molar refractivity (Wildman–Crippen MR) is 128 cm³/mol. The molecule has 2 aromatic rings. The zero-order chi connectivity index (χ0) is 25.2. The Balaban J connectivity index is 2.31. The van der Waals surface area contributed by atoms with Crippen molar-refractivity contribution < 1.29 is 33.6 Å². The molecule has 184 valence electrons. The van der Waals surface area contributed by atoms with Crippen molar-refractivity contribution in [1.82, 2.24) is 0 Å². The van der Waals surface area contributed by atoms with Crippen LogP contribution in [-0.2, 0) is 14.3 Å². The number of carboxylic acids is 1. The molecule has 0 fully saturated rings. The summed E-state index contributed by atoms with van der Waals surface area (Å²) < 4.78 is 23.2. The van der Waals surface area contributed by atoms with E-state index in [0.29, 0.717) is 39.1 Å². The summed E-state index contributed by atoms with van der Waals surface area (Å²) in [6.07, 6.45) is -2.46. The Morgan fingerprint density at radius 1 is 1.12 bits per heavy atom. The lowest BCUT2D eigenvalue weighted by atomic mass is 9.70. The fraction of sp³-hybridized carbons (Fsp3) is 0.440. The van der Waals surface area contributed by atoms with Crippen molar-refractivity contribution in [3.05, 3.63) is 46.5 Å². The first-order chi connectivity index (χ1) is 16.0. The molecule has 9 heteroatoms. The molecule has 0 spiro atoms. The second kappa shape index (κ2) is 10.1. The molecule has 1 unspecified atom stereocenters. The fourth-order valence-corrected chi connectivity index (χ4v) is 4.52. The highest BCUT2D eigenvalue weighted by molar-refractivity contribution is 6.30. The molecule has 2 aromatic carbocycles. The first-order valence-electron chi connectivity index (χ1n) is 10.8. The number of methoxy groups -OCH3 is 3. The maximum Gasteiger partial charge on any atom is 0.306 e. The van der Waals surface area contributed by atoms with Crippen LogP contribution < -0.4 is 19.5 Å². The predicted octanol–water partition coefficient (Wildman–Crippen LogP) is 5.05. The van der Waals surface area contributed by atoms with Gasteiger partial charge < -0.3 is 29.4 Å². The Bertz CT molecular complexity index is 1050. The Hall–Kier alpha value is -2.97. The smallest absolute Gasteiger partial charge is 0.306 e. The van der Waals surface area contributed by atoms with Crippen LogP contribution >= 0.6 is 11.6 Å². The van der Waals surface area contributed by atoms with Crippen LogP contribution in [0.15, 0.2) is 30.3 Å². The minimum absolute atomic E-state index is 0.440. The average Bonchev–Trinajstić information content (AvgIpc) is 2.89. The van der Waals surface area contributed by atoms with E-state index >= 15 is 0 Å². The highest BCUT2D eigenvalue weighted by Crippen LogP contribution is 2.54. The van der Waals surface area contributed by atoms with Gasteiger partial charge in [-0.1, -0.05) is 32.4 Å².